The Morgan fingerprint density at radius 2 is 1.50 bits per heavy atom. The Morgan fingerprint density at radius 3 is 1.50 bits per heavy atom. The molecule has 0 radical (unpaired) electrons. The standard InChI is InChI=1S/CH6P3/c2-1(3)4/h1-2H,3-4H2/q-1. The summed E-state index contributed by atoms with van der Waals surface area (Å²) in [6.45, 7) is 0. The maximum Gasteiger partial charge on any atom is -0.142 e. The van der Waals surface area contributed by atoms with E-state index in [-0.39, 0.29) is 0 Å². The Kier molecular flexibility index (Phi) is 3.34. The van der Waals surface area contributed by atoms with E-state index in [0.29, 0.717) is 5.14 Å². The van der Waals surface area contributed by atoms with Gasteiger partial charge in [-0.15, -0.1) is 5.14 Å². The summed E-state index contributed by atoms with van der Waals surface area (Å²) in [6.07, 6.45) is 0. The topological polar surface area (TPSA) is 0 Å². The molecule has 0 rings (SSSR count). The van der Waals surface area contributed by atoms with Crippen LogP contribution in [0.3, 0.4) is 0 Å². The van der Waals surface area contributed by atoms with Crippen molar-refractivity contribution in [1.82, 2.24) is 0 Å². The molecule has 0 nitrogen and oxygen atoms in total. The van der Waals surface area contributed by atoms with Gasteiger partial charge in [0.25, 0.3) is 0 Å². The molecule has 0 N–H and O–H groups in total. The highest BCUT2D eigenvalue weighted by atomic mass is 31.1. The predicted octanol–water partition coefficient (Wildman–Crippen LogP) is 1.16. The highest BCUT2D eigenvalue weighted by molar-refractivity contribution is 7.55. The highest BCUT2D eigenvalue weighted by Crippen LogP contribution is 2.14. The van der Waals surface area contributed by atoms with Gasteiger partial charge in [-0.25, -0.2) is 0 Å². The van der Waals surface area contributed by atoms with Crippen LogP contribution in [-0.4, -0.2) is 5.14 Å². The zero-order valence-corrected chi connectivity index (χ0v) is 5.54. The SMILES string of the molecule is [PH-]C(P)P. The molecule has 0 saturated carbocycles. The van der Waals surface area contributed by atoms with Crippen LogP contribution in [0.25, 0.3) is 0 Å². The van der Waals surface area contributed by atoms with Gasteiger partial charge in [0.15, 0.2) is 0 Å². The average molecular weight is 111 g/mol. The van der Waals surface area contributed by atoms with Crippen molar-refractivity contribution in [3.8, 4) is 0 Å². The second-order valence-electron chi connectivity index (χ2n) is 0.526. The van der Waals surface area contributed by atoms with Crippen molar-refractivity contribution >= 4 is 27.7 Å². The van der Waals surface area contributed by atoms with Gasteiger partial charge in [-0.3, -0.25) is 0 Å². The molecule has 2 atom stereocenters. The van der Waals surface area contributed by atoms with E-state index in [4.69, 9.17) is 0 Å². The Balaban J connectivity index is 2.32. The third-order valence-electron chi connectivity index (χ3n) is 0. The molecule has 0 aromatic rings. The van der Waals surface area contributed by atoms with Crippen LogP contribution < -0.4 is 0 Å². The van der Waals surface area contributed by atoms with Crippen LogP contribution in [0.15, 0.2) is 0 Å². The molecule has 0 aliphatic carbocycles. The molecule has 0 heterocycles. The normalized spacial score (nSPS) is 9.00. The van der Waals surface area contributed by atoms with Gasteiger partial charge in [0.1, 0.15) is 0 Å². The third-order valence-corrected chi connectivity index (χ3v) is 0. The lowest BCUT2D eigenvalue weighted by Crippen LogP contribution is -1.48. The molecule has 0 aliphatic rings. The molecule has 0 spiro atoms. The van der Waals surface area contributed by atoms with Gasteiger partial charge in [0.05, 0.1) is 0 Å². The largest absolute Gasteiger partial charge is 0.546 e. The second-order valence-corrected chi connectivity index (χ2v) is 4.73. The van der Waals surface area contributed by atoms with Crippen LogP contribution >= 0.6 is 27.7 Å². The van der Waals surface area contributed by atoms with Crippen molar-refractivity contribution in [3.63, 3.8) is 0 Å². The van der Waals surface area contributed by atoms with Crippen LogP contribution in [0.4, 0.5) is 0 Å². The van der Waals surface area contributed by atoms with Gasteiger partial charge < -0.3 is 9.24 Å². The van der Waals surface area contributed by atoms with Gasteiger partial charge in [-0.1, -0.05) is 0 Å². The maximum atomic E-state index is 3.24. The molecule has 0 aromatic heterocycles. The summed E-state index contributed by atoms with van der Waals surface area (Å²) in [5.74, 6) is 0. The fourth-order valence-corrected chi connectivity index (χ4v) is 0. The summed E-state index contributed by atoms with van der Waals surface area (Å²) >= 11 is 0. The van der Waals surface area contributed by atoms with Crippen molar-refractivity contribution in [3.05, 3.63) is 0 Å². The first-order valence-electron chi connectivity index (χ1n) is 0.955. The summed E-state index contributed by atoms with van der Waals surface area (Å²) in [6, 6.07) is 0. The van der Waals surface area contributed by atoms with Crippen LogP contribution in [0.1, 0.15) is 0 Å². The zero-order valence-electron chi connectivity index (χ0n) is 2.23. The lowest BCUT2D eigenvalue weighted by atomic mass is 11.9. The quantitative estimate of drug-likeness (QED) is 0.411. The smallest absolute Gasteiger partial charge is 0.142 e. The molecular weight excluding hydrogens is 105 g/mol. The Labute approximate surface area is 33.7 Å². The monoisotopic (exact) mass is 111 g/mol. The molecular formula is CH6P3-. The van der Waals surface area contributed by atoms with E-state index >= 15 is 0 Å². The summed E-state index contributed by atoms with van der Waals surface area (Å²) < 4.78 is 0. The fraction of sp³-hybridized carbons (Fsp3) is 1.00. The first-order valence-corrected chi connectivity index (χ1v) is 2.87. The maximum absolute atomic E-state index is 3.24. The van der Waals surface area contributed by atoms with E-state index in [1.54, 1.807) is 0 Å². The second kappa shape index (κ2) is 2.52. The third kappa shape index (κ3) is 10.4. The minimum Gasteiger partial charge on any atom is -0.546 e. The summed E-state index contributed by atoms with van der Waals surface area (Å²) in [5, 5.41) is 0.472. The van der Waals surface area contributed by atoms with Crippen molar-refractivity contribution < 1.29 is 0 Å². The van der Waals surface area contributed by atoms with Crippen LogP contribution in [0.2, 0.25) is 0 Å². The average Bonchev–Trinajstić information content (AvgIpc) is 0.811. The van der Waals surface area contributed by atoms with E-state index in [2.05, 4.69) is 27.7 Å². The van der Waals surface area contributed by atoms with E-state index < -0.39 is 0 Å². The molecule has 26 valence electrons. The van der Waals surface area contributed by atoms with Gasteiger partial charge in [0, 0.05) is 0 Å². The molecule has 0 amide bonds. The summed E-state index contributed by atoms with van der Waals surface area (Å²) in [7, 11) is 8.31. The predicted molar refractivity (Wildman–Crippen MR) is 31.5 cm³/mol. The molecule has 2 unspecified atom stereocenters. The molecule has 4 heavy (non-hydrogen) atoms. The first kappa shape index (κ1) is 5.29. The molecule has 0 fully saturated rings. The summed E-state index contributed by atoms with van der Waals surface area (Å²) in [4.78, 5) is 0. The first-order chi connectivity index (χ1) is 1.73. The molecule has 3 heteroatoms. The fourth-order valence-electron chi connectivity index (χ4n) is 0. The van der Waals surface area contributed by atoms with Gasteiger partial charge >= 0.3 is 0 Å². The Morgan fingerprint density at radius 1 is 1.50 bits per heavy atom. The Hall–Kier alpha value is 1.29. The van der Waals surface area contributed by atoms with Crippen molar-refractivity contribution in [2.45, 2.75) is 5.14 Å². The molecule has 0 aliphatic heterocycles. The minimum absolute atomic E-state index is 0.472. The van der Waals surface area contributed by atoms with E-state index in [9.17, 15) is 0 Å². The minimum atomic E-state index is 0.472. The van der Waals surface area contributed by atoms with Crippen molar-refractivity contribution in [2.75, 3.05) is 0 Å². The van der Waals surface area contributed by atoms with E-state index in [0.717, 1.165) is 0 Å². The van der Waals surface area contributed by atoms with Gasteiger partial charge in [0.2, 0.25) is 0 Å². The van der Waals surface area contributed by atoms with Gasteiger partial charge in [-0.2, -0.15) is 18.5 Å². The van der Waals surface area contributed by atoms with Crippen LogP contribution in [-0.2, 0) is 0 Å². The number of hydrogen-bond acceptors (Lipinski definition) is 0. The molecule has 0 aromatic carbocycles. The van der Waals surface area contributed by atoms with Crippen LogP contribution in [0, 0.1) is 0 Å². The van der Waals surface area contributed by atoms with Crippen LogP contribution in [0.5, 0.6) is 0 Å². The van der Waals surface area contributed by atoms with Gasteiger partial charge in [-0.05, 0) is 0 Å². The van der Waals surface area contributed by atoms with Crippen molar-refractivity contribution in [1.29, 1.82) is 0 Å². The lowest BCUT2D eigenvalue weighted by molar-refractivity contribution is 2.11. The summed E-state index contributed by atoms with van der Waals surface area (Å²) in [5.41, 5.74) is 0. The number of rotatable bonds is 0. The molecule has 0 bridgehead atoms. The number of hydrogen-bond donors (Lipinski definition) is 0. The van der Waals surface area contributed by atoms with E-state index in [1.807, 2.05) is 0 Å². The molecule has 0 saturated heterocycles. The highest BCUT2D eigenvalue weighted by Gasteiger charge is 1.53. The lowest BCUT2D eigenvalue weighted by Gasteiger charge is -1.96. The zero-order chi connectivity index (χ0) is 3.58. The van der Waals surface area contributed by atoms with Crippen molar-refractivity contribution in [2.24, 2.45) is 0 Å². The Bertz CT molecular complexity index is 8.00. The van der Waals surface area contributed by atoms with E-state index in [1.165, 1.54) is 0 Å².